The number of aryl methyl sites for hydroxylation is 1. The molecule has 8 fully saturated rings. The Labute approximate surface area is 190 Å². The molecule has 0 radical (unpaired) electrons. The van der Waals surface area contributed by atoms with Crippen LogP contribution in [0.3, 0.4) is 0 Å². The highest BCUT2D eigenvalue weighted by molar-refractivity contribution is 7.89. The van der Waals surface area contributed by atoms with Crippen LogP contribution in [-0.4, -0.2) is 41.8 Å². The highest BCUT2D eigenvalue weighted by Gasteiger charge is 2.86. The maximum Gasteiger partial charge on any atom is 0.243 e. The van der Waals surface area contributed by atoms with E-state index in [1.165, 1.54) is 0 Å². The van der Waals surface area contributed by atoms with Crippen molar-refractivity contribution in [2.24, 2.45) is 34.0 Å². The molecule has 1 heterocycles. The normalized spacial score (nSPS) is 51.2. The van der Waals surface area contributed by atoms with Crippen molar-refractivity contribution in [2.45, 2.75) is 81.8 Å². The van der Waals surface area contributed by atoms with Gasteiger partial charge in [-0.05, 0) is 81.3 Å². The number of nitrogens with zero attached hydrogens (tertiary/aromatic N) is 1. The number of aliphatic hydroxyl groups is 1. The van der Waals surface area contributed by atoms with Gasteiger partial charge in [0.25, 0.3) is 0 Å². The first kappa shape index (κ1) is 20.2. The van der Waals surface area contributed by atoms with Crippen molar-refractivity contribution in [3.8, 4) is 0 Å². The fraction of sp³-hybridized carbons (Fsp3) is 0.731. The van der Waals surface area contributed by atoms with Gasteiger partial charge in [0.05, 0.1) is 10.5 Å². The molecule has 5 nitrogen and oxygen atoms in total. The molecule has 1 aliphatic heterocycles. The van der Waals surface area contributed by atoms with Crippen LogP contribution in [0.25, 0.3) is 0 Å². The Morgan fingerprint density at radius 2 is 1.81 bits per heavy atom. The first-order valence-corrected chi connectivity index (χ1v) is 13.9. The topological polar surface area (TPSA) is 74.7 Å². The van der Waals surface area contributed by atoms with Gasteiger partial charge in [-0.15, -0.1) is 0 Å². The minimum atomic E-state index is -3.72. The summed E-state index contributed by atoms with van der Waals surface area (Å²) in [6.45, 7) is 4.67. The summed E-state index contributed by atoms with van der Waals surface area (Å²) in [5.74, 6) is 0.703. The van der Waals surface area contributed by atoms with Crippen LogP contribution in [0.2, 0.25) is 0 Å². The van der Waals surface area contributed by atoms with Crippen molar-refractivity contribution in [1.82, 2.24) is 4.31 Å². The standard InChI is InChI=1S/C26H33NO4S/c1-16-4-6-18(7-5-16)32(30,31)27-15-23(2)8-3-9-26(29)20-13-17-12-19-22(27)25(23,26)11-10-24(19,20)21(28)14-17/h4-7,17,19-20,22,29H,3,8-15H2,1-2H3/t17-,19+,20+,22+,23-,24+,25+,26-/m0/s1. The largest absolute Gasteiger partial charge is 0.389 e. The Bertz CT molecular complexity index is 1150. The number of rotatable bonds is 2. The lowest BCUT2D eigenvalue weighted by Gasteiger charge is -2.78. The molecular formula is C26H33NO4S. The monoisotopic (exact) mass is 455 g/mol. The number of carbonyl (C=O) groups excluding carboxylic acids is 1. The van der Waals surface area contributed by atoms with Crippen molar-refractivity contribution in [1.29, 1.82) is 0 Å². The van der Waals surface area contributed by atoms with Crippen molar-refractivity contribution >= 4 is 15.8 Å². The number of fused-ring (bicyclic) bond motifs is 2. The third-order valence-corrected chi connectivity index (χ3v) is 13.2. The Hall–Kier alpha value is -1.24. The van der Waals surface area contributed by atoms with Gasteiger partial charge in [-0.25, -0.2) is 8.42 Å². The fourth-order valence-corrected chi connectivity index (χ4v) is 12.3. The maximum atomic E-state index is 14.1. The van der Waals surface area contributed by atoms with E-state index in [9.17, 15) is 18.3 Å². The van der Waals surface area contributed by atoms with Crippen LogP contribution in [0.15, 0.2) is 29.2 Å². The fourth-order valence-electron chi connectivity index (χ4n) is 10.4. The van der Waals surface area contributed by atoms with Crippen LogP contribution in [0.4, 0.5) is 0 Å². The van der Waals surface area contributed by atoms with Gasteiger partial charge in [0.2, 0.25) is 10.0 Å². The van der Waals surface area contributed by atoms with E-state index in [1.807, 2.05) is 19.1 Å². The average molecular weight is 456 g/mol. The van der Waals surface area contributed by atoms with Crippen molar-refractivity contribution in [2.75, 3.05) is 6.54 Å². The molecule has 6 heteroatoms. The maximum absolute atomic E-state index is 14.1. The van der Waals surface area contributed by atoms with E-state index in [2.05, 4.69) is 6.92 Å². The van der Waals surface area contributed by atoms with E-state index >= 15 is 0 Å². The molecule has 0 amide bonds. The second-order valence-corrected chi connectivity index (χ2v) is 14.2. The van der Waals surface area contributed by atoms with Crippen LogP contribution in [0.5, 0.6) is 0 Å². The number of Topliss-reactive ketones (excluding diaryl/α,β-unsaturated/α-hetero) is 1. The molecule has 1 aromatic rings. The number of ketones is 1. The first-order valence-electron chi connectivity index (χ1n) is 12.4. The van der Waals surface area contributed by atoms with Gasteiger partial charge in [-0.3, -0.25) is 4.79 Å². The number of sulfonamides is 1. The summed E-state index contributed by atoms with van der Waals surface area (Å²) in [7, 11) is -3.72. The first-order chi connectivity index (χ1) is 15.1. The lowest BCUT2D eigenvalue weighted by Crippen LogP contribution is -2.82. The van der Waals surface area contributed by atoms with Gasteiger partial charge in [0.15, 0.2) is 0 Å². The summed E-state index contributed by atoms with van der Waals surface area (Å²) in [6, 6.07) is 6.90. The van der Waals surface area contributed by atoms with Gasteiger partial charge in [0, 0.05) is 35.8 Å². The minimum Gasteiger partial charge on any atom is -0.389 e. The Kier molecular flexibility index (Phi) is 3.59. The molecule has 32 heavy (non-hydrogen) atoms. The van der Waals surface area contributed by atoms with Crippen LogP contribution >= 0.6 is 0 Å². The second kappa shape index (κ2) is 5.69. The third kappa shape index (κ3) is 1.87. The summed E-state index contributed by atoms with van der Waals surface area (Å²) in [5.41, 5.74) is -1.09. The quantitative estimate of drug-likeness (QED) is 0.738. The Balaban J connectivity index is 1.47. The van der Waals surface area contributed by atoms with Crippen molar-refractivity contribution < 1.29 is 18.3 Å². The molecule has 1 saturated heterocycles. The molecule has 8 aliphatic rings. The SMILES string of the molecule is Cc1ccc(S(=O)(=O)N2C[C@]3(C)CCC[C@]4(O)[C@@H]5C[C@H]6CC(=O)[C@@]57CC[C@@]34[C@H]2[C@H]7C6)cc1. The van der Waals surface area contributed by atoms with Gasteiger partial charge < -0.3 is 5.11 Å². The summed E-state index contributed by atoms with van der Waals surface area (Å²) >= 11 is 0. The van der Waals surface area contributed by atoms with Crippen LogP contribution < -0.4 is 0 Å². The van der Waals surface area contributed by atoms with Crippen molar-refractivity contribution in [3.05, 3.63) is 29.8 Å². The van der Waals surface area contributed by atoms with Gasteiger partial charge >= 0.3 is 0 Å². The Morgan fingerprint density at radius 3 is 2.56 bits per heavy atom. The predicted molar refractivity (Wildman–Crippen MR) is 119 cm³/mol. The van der Waals surface area contributed by atoms with Gasteiger partial charge in [-0.2, -0.15) is 4.31 Å². The molecule has 8 atom stereocenters. The molecule has 0 aromatic heterocycles. The molecule has 1 N–H and O–H groups in total. The third-order valence-electron chi connectivity index (χ3n) is 11.4. The van der Waals surface area contributed by atoms with Crippen molar-refractivity contribution in [3.63, 3.8) is 0 Å². The smallest absolute Gasteiger partial charge is 0.243 e. The number of carbonyl (C=O) groups is 1. The van der Waals surface area contributed by atoms with E-state index in [0.29, 0.717) is 29.6 Å². The highest BCUT2D eigenvalue weighted by Crippen LogP contribution is 2.82. The van der Waals surface area contributed by atoms with E-state index in [-0.39, 0.29) is 23.3 Å². The van der Waals surface area contributed by atoms with Gasteiger partial charge in [0.1, 0.15) is 5.78 Å². The molecule has 0 unspecified atom stereocenters. The summed E-state index contributed by atoms with van der Waals surface area (Å²) in [4.78, 5) is 13.9. The summed E-state index contributed by atoms with van der Waals surface area (Å²) in [6.07, 6.45) is 6.75. The molecule has 2 spiro atoms. The van der Waals surface area contributed by atoms with E-state index in [1.54, 1.807) is 16.4 Å². The molecule has 7 aliphatic carbocycles. The molecule has 172 valence electrons. The number of hydrogen-bond donors (Lipinski definition) is 1. The molecule has 5 bridgehead atoms. The average Bonchev–Trinajstić information content (AvgIpc) is 3.04. The lowest BCUT2D eigenvalue weighted by molar-refractivity contribution is -0.325. The lowest BCUT2D eigenvalue weighted by atomic mass is 9.27. The van der Waals surface area contributed by atoms with Crippen LogP contribution in [0, 0.1) is 40.9 Å². The zero-order valence-electron chi connectivity index (χ0n) is 19.0. The minimum absolute atomic E-state index is 0.0200. The zero-order valence-corrected chi connectivity index (χ0v) is 19.8. The number of benzene rings is 1. The van der Waals surface area contributed by atoms with E-state index < -0.39 is 26.5 Å². The van der Waals surface area contributed by atoms with Crippen LogP contribution in [-0.2, 0) is 14.8 Å². The molecular weight excluding hydrogens is 422 g/mol. The highest BCUT2D eigenvalue weighted by atomic mass is 32.2. The summed E-state index contributed by atoms with van der Waals surface area (Å²) < 4.78 is 30.0. The zero-order chi connectivity index (χ0) is 22.3. The predicted octanol–water partition coefficient (Wildman–Crippen LogP) is 3.68. The van der Waals surface area contributed by atoms with Gasteiger partial charge in [-0.1, -0.05) is 24.6 Å². The summed E-state index contributed by atoms with van der Waals surface area (Å²) in [5, 5.41) is 12.6. The Morgan fingerprint density at radius 1 is 1.06 bits per heavy atom. The second-order valence-electron chi connectivity index (χ2n) is 12.3. The van der Waals surface area contributed by atoms with Crippen LogP contribution in [0.1, 0.15) is 63.9 Å². The molecule has 7 saturated carbocycles. The van der Waals surface area contributed by atoms with E-state index in [4.69, 9.17) is 0 Å². The molecule has 1 aromatic carbocycles. The molecule has 9 rings (SSSR count). The van der Waals surface area contributed by atoms with E-state index in [0.717, 1.165) is 50.5 Å². The number of hydrogen-bond acceptors (Lipinski definition) is 4.